The SMILES string of the molecule is CCC(C)(C)OC(=O)O[C@]1(C(=O)OCC#N)[C@H](C)C[C@H]2[C@@H]3CC(F)=C4CC(=O)C=C[C@]4(C)[C@@]3(F)[C@@H](O)C[C@@]21C. The van der Waals surface area contributed by atoms with E-state index in [1.54, 1.807) is 33.8 Å². The van der Waals surface area contributed by atoms with E-state index in [2.05, 4.69) is 0 Å². The summed E-state index contributed by atoms with van der Waals surface area (Å²) in [6.45, 7) is 9.33. The molecule has 0 aromatic heterocycles. The van der Waals surface area contributed by atoms with Crippen LogP contribution in [0.2, 0.25) is 0 Å². The molecule has 4 rings (SSSR count). The first kappa shape index (κ1) is 29.2. The van der Waals surface area contributed by atoms with Crippen molar-refractivity contribution in [1.82, 2.24) is 0 Å². The molecule has 4 aliphatic carbocycles. The summed E-state index contributed by atoms with van der Waals surface area (Å²) in [6, 6.07) is 1.73. The number of alkyl halides is 1. The molecule has 0 radical (unpaired) electrons. The van der Waals surface area contributed by atoms with Gasteiger partial charge in [0.1, 0.15) is 17.5 Å². The van der Waals surface area contributed by atoms with E-state index in [-0.39, 0.29) is 37.0 Å². The Hall–Kier alpha value is -2.80. The van der Waals surface area contributed by atoms with Crippen molar-refractivity contribution in [3.63, 3.8) is 0 Å². The van der Waals surface area contributed by atoms with Gasteiger partial charge in [0, 0.05) is 35.5 Å². The lowest BCUT2D eigenvalue weighted by Crippen LogP contribution is -2.70. The van der Waals surface area contributed by atoms with Crippen molar-refractivity contribution in [1.29, 1.82) is 5.26 Å². The second-order valence-corrected chi connectivity index (χ2v) is 12.6. The van der Waals surface area contributed by atoms with Crippen LogP contribution in [0.1, 0.15) is 73.6 Å². The molecule has 4 aliphatic rings. The number of carbonyl (C=O) groups excluding carboxylic acids is 3. The van der Waals surface area contributed by atoms with E-state index >= 15 is 8.78 Å². The number of allylic oxidation sites excluding steroid dienone is 4. The normalized spacial score (nSPS) is 41.2. The fourth-order valence-electron chi connectivity index (χ4n) is 7.85. The second-order valence-electron chi connectivity index (χ2n) is 12.6. The Morgan fingerprint density at radius 3 is 2.56 bits per heavy atom. The largest absolute Gasteiger partial charge is 0.509 e. The molecule has 0 bridgehead atoms. The first-order valence-corrected chi connectivity index (χ1v) is 13.5. The second kappa shape index (κ2) is 9.39. The van der Waals surface area contributed by atoms with Crippen LogP contribution in [0, 0.1) is 39.9 Å². The molecule has 0 unspecified atom stereocenters. The summed E-state index contributed by atoms with van der Waals surface area (Å²) in [5, 5.41) is 20.6. The molecule has 0 spiro atoms. The number of esters is 1. The fourth-order valence-corrected chi connectivity index (χ4v) is 7.85. The third kappa shape index (κ3) is 3.94. The lowest BCUT2D eigenvalue weighted by molar-refractivity contribution is -0.229. The minimum absolute atomic E-state index is 0.0313. The monoisotopic (exact) mass is 549 g/mol. The lowest BCUT2D eigenvalue weighted by atomic mass is 9.45. The Kier molecular flexibility index (Phi) is 7.03. The van der Waals surface area contributed by atoms with E-state index < -0.39 is 76.1 Å². The molecule has 0 amide bonds. The number of nitrogens with zero attached hydrogens (tertiary/aromatic N) is 1. The summed E-state index contributed by atoms with van der Waals surface area (Å²) < 4.78 is 49.7. The Morgan fingerprint density at radius 1 is 1.28 bits per heavy atom. The smallest absolute Gasteiger partial charge is 0.447 e. The lowest BCUT2D eigenvalue weighted by Gasteiger charge is -2.62. The van der Waals surface area contributed by atoms with Crippen LogP contribution < -0.4 is 0 Å². The van der Waals surface area contributed by atoms with Crippen molar-refractivity contribution < 1.29 is 42.5 Å². The maximum Gasteiger partial charge on any atom is 0.509 e. The molecule has 2 fully saturated rings. The van der Waals surface area contributed by atoms with Crippen LogP contribution in [0.15, 0.2) is 23.6 Å². The third-order valence-corrected chi connectivity index (χ3v) is 10.2. The number of carbonyl (C=O) groups is 3. The van der Waals surface area contributed by atoms with Crippen molar-refractivity contribution in [2.45, 2.75) is 96.6 Å². The van der Waals surface area contributed by atoms with Gasteiger partial charge in [-0.15, -0.1) is 0 Å². The van der Waals surface area contributed by atoms with Crippen molar-refractivity contribution in [2.75, 3.05) is 6.61 Å². The molecular weight excluding hydrogens is 512 g/mol. The number of aliphatic hydroxyl groups excluding tert-OH is 1. The molecule has 0 heterocycles. The van der Waals surface area contributed by atoms with E-state index in [9.17, 15) is 19.5 Å². The molecule has 0 saturated heterocycles. The highest BCUT2D eigenvalue weighted by Crippen LogP contribution is 2.71. The van der Waals surface area contributed by atoms with Crippen LogP contribution in [0.5, 0.6) is 0 Å². The Balaban J connectivity index is 1.84. The molecule has 0 aromatic rings. The molecule has 10 heteroatoms. The summed E-state index contributed by atoms with van der Waals surface area (Å²) in [7, 11) is 0. The van der Waals surface area contributed by atoms with Gasteiger partial charge in [-0.05, 0) is 57.6 Å². The summed E-state index contributed by atoms with van der Waals surface area (Å²) >= 11 is 0. The molecule has 2 saturated carbocycles. The number of fused-ring (bicyclic) bond motifs is 5. The fraction of sp³-hybridized carbons (Fsp3) is 0.724. The van der Waals surface area contributed by atoms with Gasteiger partial charge in [-0.3, -0.25) is 4.79 Å². The maximum absolute atomic E-state index is 17.4. The molecule has 39 heavy (non-hydrogen) atoms. The standard InChI is InChI=1S/C29H37F2NO7/c1-7-25(3,4)38-24(36)39-29(23(35)37-11-10-32)16(2)12-18-19-14-21(30)20-13-17(33)8-9-26(20,5)28(19,31)22(34)15-27(18,29)6/h8-9,16,18-19,22,34H,7,11-15H2,1-6H3/t16-,18+,19+,22+,26+,27+,28+,29+/m1/s1. The van der Waals surface area contributed by atoms with Crippen LogP contribution in [0.4, 0.5) is 13.6 Å². The number of hydrogen-bond acceptors (Lipinski definition) is 8. The summed E-state index contributed by atoms with van der Waals surface area (Å²) in [5.74, 6) is -4.50. The number of ether oxygens (including phenoxy) is 3. The van der Waals surface area contributed by atoms with Gasteiger partial charge < -0.3 is 19.3 Å². The average Bonchev–Trinajstić information content (AvgIpc) is 3.07. The zero-order chi connectivity index (χ0) is 29.2. The van der Waals surface area contributed by atoms with Gasteiger partial charge >= 0.3 is 12.1 Å². The van der Waals surface area contributed by atoms with Crippen molar-refractivity contribution in [3.05, 3.63) is 23.6 Å². The van der Waals surface area contributed by atoms with Crippen LogP contribution in [-0.4, -0.2) is 52.6 Å². The van der Waals surface area contributed by atoms with Crippen molar-refractivity contribution in [2.24, 2.45) is 28.6 Å². The Labute approximate surface area is 227 Å². The van der Waals surface area contributed by atoms with E-state index in [0.29, 0.717) is 6.42 Å². The van der Waals surface area contributed by atoms with E-state index in [1.807, 2.05) is 6.92 Å². The minimum atomic E-state index is -2.35. The summed E-state index contributed by atoms with van der Waals surface area (Å²) in [5.41, 5.74) is -8.23. The molecule has 8 atom stereocenters. The van der Waals surface area contributed by atoms with E-state index in [0.717, 1.165) is 0 Å². The van der Waals surface area contributed by atoms with Crippen molar-refractivity contribution in [3.8, 4) is 6.07 Å². The third-order valence-electron chi connectivity index (χ3n) is 10.2. The molecule has 8 nitrogen and oxygen atoms in total. The maximum atomic E-state index is 17.4. The topological polar surface area (TPSA) is 123 Å². The highest BCUT2D eigenvalue weighted by Gasteiger charge is 2.78. The Bertz CT molecular complexity index is 1190. The zero-order valence-corrected chi connectivity index (χ0v) is 23.3. The average molecular weight is 550 g/mol. The molecule has 0 aliphatic heterocycles. The number of nitriles is 1. The number of aliphatic hydroxyl groups is 1. The van der Waals surface area contributed by atoms with Crippen LogP contribution in [0.3, 0.4) is 0 Å². The van der Waals surface area contributed by atoms with Crippen LogP contribution in [0.25, 0.3) is 0 Å². The molecule has 0 aromatic carbocycles. The quantitative estimate of drug-likeness (QED) is 0.473. The predicted molar refractivity (Wildman–Crippen MR) is 134 cm³/mol. The highest BCUT2D eigenvalue weighted by molar-refractivity contribution is 5.93. The van der Waals surface area contributed by atoms with E-state index in [4.69, 9.17) is 19.5 Å². The number of rotatable bonds is 5. The van der Waals surface area contributed by atoms with Crippen LogP contribution >= 0.6 is 0 Å². The van der Waals surface area contributed by atoms with Crippen LogP contribution in [-0.2, 0) is 23.8 Å². The molecular formula is C29H37F2NO7. The zero-order valence-electron chi connectivity index (χ0n) is 23.3. The van der Waals surface area contributed by atoms with Gasteiger partial charge in [0.05, 0.1) is 6.10 Å². The number of hydrogen-bond donors (Lipinski definition) is 1. The van der Waals surface area contributed by atoms with Gasteiger partial charge in [-0.1, -0.05) is 26.8 Å². The van der Waals surface area contributed by atoms with Crippen molar-refractivity contribution >= 4 is 17.9 Å². The minimum Gasteiger partial charge on any atom is -0.447 e. The highest BCUT2D eigenvalue weighted by atomic mass is 19.1. The van der Waals surface area contributed by atoms with Gasteiger partial charge in [-0.25, -0.2) is 18.4 Å². The van der Waals surface area contributed by atoms with Gasteiger partial charge in [0.2, 0.25) is 5.60 Å². The number of ketones is 1. The first-order chi connectivity index (χ1) is 18.0. The Morgan fingerprint density at radius 2 is 1.95 bits per heavy atom. The van der Waals surface area contributed by atoms with Gasteiger partial charge in [-0.2, -0.15) is 5.26 Å². The van der Waals surface area contributed by atoms with E-state index in [1.165, 1.54) is 19.1 Å². The molecule has 214 valence electrons. The summed E-state index contributed by atoms with van der Waals surface area (Å²) in [4.78, 5) is 38.9. The van der Waals surface area contributed by atoms with Gasteiger partial charge in [0.15, 0.2) is 18.1 Å². The predicted octanol–water partition coefficient (Wildman–Crippen LogP) is 5.05. The molecule has 1 N–H and O–H groups in total. The summed E-state index contributed by atoms with van der Waals surface area (Å²) in [6.07, 6.45) is -0.589. The number of halogens is 2. The first-order valence-electron chi connectivity index (χ1n) is 13.5. The van der Waals surface area contributed by atoms with Gasteiger partial charge in [0.25, 0.3) is 0 Å².